The number of hydrogen-bond donors (Lipinski definition) is 1. The van der Waals surface area contributed by atoms with Crippen LogP contribution >= 0.6 is 0 Å². The lowest BCUT2D eigenvalue weighted by Crippen LogP contribution is -2.15. The van der Waals surface area contributed by atoms with Gasteiger partial charge >= 0.3 is 12.1 Å². The second-order valence-corrected chi connectivity index (χ2v) is 13.9. The number of aromatic nitrogens is 1. The molecule has 0 aliphatic heterocycles. The molecule has 0 aliphatic rings. The quantitative estimate of drug-likeness (QED) is 0.0829. The van der Waals surface area contributed by atoms with Gasteiger partial charge in [-0.1, -0.05) is 104 Å². The summed E-state index contributed by atoms with van der Waals surface area (Å²) in [6.07, 6.45) is -1.32. The molecule has 6 rings (SSSR count). The molecule has 5 nitrogen and oxygen atoms in total. The smallest absolute Gasteiger partial charge is 0.384 e. The molecule has 0 radical (unpaired) electrons. The normalized spacial score (nSPS) is 13.6. The molecule has 5 aromatic carbocycles. The molecule has 0 saturated heterocycles. The molecule has 0 saturated carbocycles. The minimum absolute atomic E-state index is 0.104. The van der Waals surface area contributed by atoms with Crippen LogP contribution in [0.3, 0.4) is 0 Å². The highest BCUT2D eigenvalue weighted by molar-refractivity contribution is 6.21. The number of benzene rings is 5. The summed E-state index contributed by atoms with van der Waals surface area (Å²) in [6, 6.07) is 25.0. The predicted octanol–water partition coefficient (Wildman–Crippen LogP) is 11.5. The Labute approximate surface area is 302 Å². The summed E-state index contributed by atoms with van der Waals surface area (Å²) in [5, 5.41) is 19.8. The fourth-order valence-corrected chi connectivity index (χ4v) is 7.81. The first-order chi connectivity index (χ1) is 24.8. The van der Waals surface area contributed by atoms with Crippen LogP contribution in [0.15, 0.2) is 90.1 Å². The molecule has 6 aromatic rings. The Kier molecular flexibility index (Phi) is 10.6. The summed E-state index contributed by atoms with van der Waals surface area (Å²) in [4.78, 5) is 16.9. The van der Waals surface area contributed by atoms with Gasteiger partial charge in [0.25, 0.3) is 0 Å². The third-order valence-electron chi connectivity index (χ3n) is 10.2. The standard InChI is InChI=1S/C44H45F3N2O3/c1-7-9-14-30(8-2)25-49-39-20-19-31(41(48-52-29(6)50)34-17-12-13-18-38(34)44(45,46)47)23-35(39)36-24-37(32-15-10-11-16-33(32)42(36)49)43(51)40-27(4)21-26(3)22-28(40)5/h10-13,15-24,30,43,51H,7-9,14,25H2,1-6H3/b48-41-. The molecule has 0 fully saturated rings. The zero-order chi connectivity index (χ0) is 37.3. The maximum absolute atomic E-state index is 14.3. The summed E-state index contributed by atoms with van der Waals surface area (Å²) in [6.45, 7) is 12.4. The Morgan fingerprint density at radius 3 is 2.19 bits per heavy atom. The minimum atomic E-state index is -4.67. The van der Waals surface area contributed by atoms with Crippen LogP contribution in [-0.2, 0) is 22.4 Å². The molecule has 1 aromatic heterocycles. The number of unbranched alkanes of at least 4 members (excludes halogenated alkanes) is 1. The fourth-order valence-electron chi connectivity index (χ4n) is 7.81. The number of fused-ring (bicyclic) bond motifs is 5. The lowest BCUT2D eigenvalue weighted by atomic mass is 9.88. The van der Waals surface area contributed by atoms with Crippen LogP contribution in [0.1, 0.15) is 97.1 Å². The van der Waals surface area contributed by atoms with E-state index in [-0.39, 0.29) is 11.3 Å². The number of carbonyl (C=O) groups excluding carboxylic acids is 1. The zero-order valence-corrected chi connectivity index (χ0v) is 30.6. The summed E-state index contributed by atoms with van der Waals surface area (Å²) < 4.78 is 45.3. The number of halogens is 3. The first-order valence-corrected chi connectivity index (χ1v) is 18.0. The van der Waals surface area contributed by atoms with Crippen molar-refractivity contribution >= 4 is 44.3 Å². The topological polar surface area (TPSA) is 63.8 Å². The summed E-state index contributed by atoms with van der Waals surface area (Å²) in [7, 11) is 0. The lowest BCUT2D eigenvalue weighted by molar-refractivity contribution is -0.140. The van der Waals surface area contributed by atoms with E-state index in [0.29, 0.717) is 11.5 Å². The molecule has 1 heterocycles. The van der Waals surface area contributed by atoms with Crippen molar-refractivity contribution < 1.29 is 27.9 Å². The van der Waals surface area contributed by atoms with E-state index < -0.39 is 23.8 Å². The van der Waals surface area contributed by atoms with E-state index in [1.54, 1.807) is 6.07 Å². The number of nitrogens with zero attached hydrogens (tertiary/aromatic N) is 2. The van der Waals surface area contributed by atoms with Gasteiger partial charge < -0.3 is 14.5 Å². The Bertz CT molecular complexity index is 2300. The van der Waals surface area contributed by atoms with E-state index >= 15 is 0 Å². The molecule has 0 aliphatic carbocycles. The molecule has 52 heavy (non-hydrogen) atoms. The van der Waals surface area contributed by atoms with Crippen LogP contribution in [0.4, 0.5) is 13.2 Å². The third-order valence-corrected chi connectivity index (χ3v) is 10.2. The van der Waals surface area contributed by atoms with Crippen LogP contribution < -0.4 is 0 Å². The average molecular weight is 707 g/mol. The van der Waals surface area contributed by atoms with Gasteiger partial charge in [0.1, 0.15) is 11.8 Å². The van der Waals surface area contributed by atoms with Crippen molar-refractivity contribution in [2.24, 2.45) is 11.1 Å². The van der Waals surface area contributed by atoms with Gasteiger partial charge in [-0.2, -0.15) is 13.2 Å². The Morgan fingerprint density at radius 2 is 1.54 bits per heavy atom. The Hall–Kier alpha value is -4.95. The molecule has 0 spiro atoms. The van der Waals surface area contributed by atoms with Gasteiger partial charge in [0.15, 0.2) is 0 Å². The molecule has 0 bridgehead atoms. The van der Waals surface area contributed by atoms with Crippen LogP contribution in [0.2, 0.25) is 0 Å². The van der Waals surface area contributed by atoms with Crippen LogP contribution in [-0.4, -0.2) is 21.4 Å². The van der Waals surface area contributed by atoms with E-state index in [1.807, 2.05) is 57.2 Å². The molecular weight excluding hydrogens is 661 g/mol. The molecule has 8 heteroatoms. The molecular formula is C44H45F3N2O3. The minimum Gasteiger partial charge on any atom is -0.384 e. The van der Waals surface area contributed by atoms with E-state index in [4.69, 9.17) is 4.84 Å². The molecule has 0 amide bonds. The van der Waals surface area contributed by atoms with Gasteiger partial charge in [-0.3, -0.25) is 0 Å². The Morgan fingerprint density at radius 1 is 0.865 bits per heavy atom. The van der Waals surface area contributed by atoms with Gasteiger partial charge in [-0.15, -0.1) is 0 Å². The van der Waals surface area contributed by atoms with Crippen molar-refractivity contribution in [2.75, 3.05) is 0 Å². The van der Waals surface area contributed by atoms with Gasteiger partial charge in [-0.25, -0.2) is 4.79 Å². The van der Waals surface area contributed by atoms with Gasteiger partial charge in [0, 0.05) is 46.3 Å². The maximum Gasteiger partial charge on any atom is 0.417 e. The number of rotatable bonds is 11. The SMILES string of the molecule is CCCCC(CC)Cn1c2ccc(/C(=N/OC(C)=O)c3ccccc3C(F)(F)F)cc2c2cc(C(O)c3c(C)cc(C)cc3C)c3ccccc3c21. The highest BCUT2D eigenvalue weighted by atomic mass is 19.4. The zero-order valence-electron chi connectivity index (χ0n) is 30.6. The Balaban J connectivity index is 1.69. The second-order valence-electron chi connectivity index (χ2n) is 13.9. The third kappa shape index (κ3) is 7.09. The van der Waals surface area contributed by atoms with Crippen molar-refractivity contribution in [3.05, 3.63) is 129 Å². The number of oxime groups is 1. The molecule has 2 atom stereocenters. The number of alkyl halides is 3. The molecule has 270 valence electrons. The van der Waals surface area contributed by atoms with E-state index in [1.165, 1.54) is 18.2 Å². The lowest BCUT2D eigenvalue weighted by Gasteiger charge is -2.21. The number of hydrogen-bond acceptors (Lipinski definition) is 4. The second kappa shape index (κ2) is 15.0. The van der Waals surface area contributed by atoms with E-state index in [2.05, 4.69) is 41.8 Å². The van der Waals surface area contributed by atoms with Crippen molar-refractivity contribution in [2.45, 2.75) is 86.1 Å². The average Bonchev–Trinajstić information content (AvgIpc) is 3.41. The van der Waals surface area contributed by atoms with Gasteiger partial charge in [0.2, 0.25) is 0 Å². The van der Waals surface area contributed by atoms with Crippen LogP contribution in [0.5, 0.6) is 0 Å². The summed E-state index contributed by atoms with van der Waals surface area (Å²) in [5.41, 5.74) is 5.81. The number of aryl methyl sites for hydroxylation is 3. The first-order valence-electron chi connectivity index (χ1n) is 18.0. The van der Waals surface area contributed by atoms with Gasteiger partial charge in [0.05, 0.1) is 11.1 Å². The highest BCUT2D eigenvalue weighted by Gasteiger charge is 2.35. The molecule has 1 N–H and O–H groups in total. The van der Waals surface area contributed by atoms with Crippen molar-refractivity contribution in [1.29, 1.82) is 0 Å². The van der Waals surface area contributed by atoms with Crippen LogP contribution in [0, 0.1) is 26.7 Å². The van der Waals surface area contributed by atoms with Crippen molar-refractivity contribution in [3.8, 4) is 0 Å². The van der Waals surface area contributed by atoms with Crippen molar-refractivity contribution in [3.63, 3.8) is 0 Å². The van der Waals surface area contributed by atoms with E-state index in [9.17, 15) is 23.1 Å². The molecule has 2 unspecified atom stereocenters. The van der Waals surface area contributed by atoms with Crippen molar-refractivity contribution in [1.82, 2.24) is 4.57 Å². The predicted molar refractivity (Wildman–Crippen MR) is 204 cm³/mol. The van der Waals surface area contributed by atoms with E-state index in [0.717, 1.165) is 106 Å². The number of aliphatic hydroxyl groups is 1. The summed E-state index contributed by atoms with van der Waals surface area (Å²) in [5.74, 6) is -0.343. The number of carbonyl (C=O) groups is 1. The summed E-state index contributed by atoms with van der Waals surface area (Å²) >= 11 is 0. The highest BCUT2D eigenvalue weighted by Crippen LogP contribution is 2.42. The monoisotopic (exact) mass is 706 g/mol. The number of aliphatic hydroxyl groups excluding tert-OH is 1. The maximum atomic E-state index is 14.3. The fraction of sp³-hybridized carbons (Fsp3) is 0.318. The largest absolute Gasteiger partial charge is 0.417 e. The first kappa shape index (κ1) is 36.8. The van der Waals surface area contributed by atoms with Gasteiger partial charge in [-0.05, 0) is 85.0 Å². The van der Waals surface area contributed by atoms with Crippen LogP contribution in [0.25, 0.3) is 32.6 Å².